The number of para-hydroxylation sites is 1. The normalized spacial score (nSPS) is 13.5. The highest BCUT2D eigenvalue weighted by molar-refractivity contribution is 6.17. The van der Waals surface area contributed by atoms with Crippen molar-refractivity contribution in [2.45, 2.75) is 20.3 Å². The first-order chi connectivity index (χ1) is 10.1. The first-order valence-electron chi connectivity index (χ1n) is 6.97. The van der Waals surface area contributed by atoms with Gasteiger partial charge in [-0.2, -0.15) is 0 Å². The van der Waals surface area contributed by atoms with Crippen molar-refractivity contribution in [2.24, 2.45) is 4.99 Å². The maximum atomic E-state index is 11.3. The molecule has 1 heterocycles. The van der Waals surface area contributed by atoms with Gasteiger partial charge < -0.3 is 0 Å². The van der Waals surface area contributed by atoms with E-state index in [4.69, 9.17) is 0 Å². The monoisotopic (exact) mass is 280 g/mol. The number of aryl methyl sites for hydroxylation is 2. The van der Waals surface area contributed by atoms with Crippen LogP contribution in [-0.2, 0) is 6.42 Å². The van der Waals surface area contributed by atoms with Crippen LogP contribution < -0.4 is 0 Å². The van der Waals surface area contributed by atoms with Crippen LogP contribution in [-0.4, -0.2) is 17.2 Å². The van der Waals surface area contributed by atoms with Crippen LogP contribution in [0.5, 0.6) is 0 Å². The highest BCUT2D eigenvalue weighted by Crippen LogP contribution is 2.29. The molecule has 0 N–H and O–H groups in total. The van der Waals surface area contributed by atoms with Crippen LogP contribution in [0.2, 0.25) is 0 Å². The Balaban J connectivity index is 2.26. The van der Waals surface area contributed by atoms with Gasteiger partial charge in [-0.15, -0.1) is 0 Å². The SMILES string of the molecule is Cc1ccc(C)c2c1CCN=C2c1ccccc1[N+](=O)[O-]. The minimum absolute atomic E-state index is 0.116. The third-order valence-electron chi connectivity index (χ3n) is 3.98. The summed E-state index contributed by atoms with van der Waals surface area (Å²) in [7, 11) is 0. The fourth-order valence-corrected chi connectivity index (χ4v) is 2.93. The number of hydrogen-bond donors (Lipinski definition) is 0. The summed E-state index contributed by atoms with van der Waals surface area (Å²) in [6, 6.07) is 11.0. The van der Waals surface area contributed by atoms with Crippen LogP contribution in [0.3, 0.4) is 0 Å². The van der Waals surface area contributed by atoms with Gasteiger partial charge in [-0.25, -0.2) is 0 Å². The lowest BCUT2D eigenvalue weighted by molar-refractivity contribution is -0.385. The van der Waals surface area contributed by atoms with Crippen molar-refractivity contribution in [1.82, 2.24) is 0 Å². The molecule has 0 unspecified atom stereocenters. The summed E-state index contributed by atoms with van der Waals surface area (Å²) >= 11 is 0. The number of aliphatic imine (C=N–C) groups is 1. The maximum absolute atomic E-state index is 11.3. The fraction of sp³-hybridized carbons (Fsp3) is 0.235. The van der Waals surface area contributed by atoms with Gasteiger partial charge in [0, 0.05) is 18.2 Å². The van der Waals surface area contributed by atoms with Gasteiger partial charge in [0.25, 0.3) is 5.69 Å². The molecule has 106 valence electrons. The lowest BCUT2D eigenvalue weighted by atomic mass is 9.87. The van der Waals surface area contributed by atoms with Crippen LogP contribution >= 0.6 is 0 Å². The van der Waals surface area contributed by atoms with E-state index in [9.17, 15) is 10.1 Å². The Morgan fingerprint density at radius 3 is 2.57 bits per heavy atom. The zero-order valence-corrected chi connectivity index (χ0v) is 12.1. The van der Waals surface area contributed by atoms with E-state index in [1.165, 1.54) is 17.2 Å². The zero-order valence-electron chi connectivity index (χ0n) is 12.1. The third kappa shape index (κ3) is 2.23. The Labute approximate surface area is 123 Å². The number of hydrogen-bond acceptors (Lipinski definition) is 3. The van der Waals surface area contributed by atoms with Crippen molar-refractivity contribution >= 4 is 11.4 Å². The van der Waals surface area contributed by atoms with Crippen molar-refractivity contribution in [3.05, 3.63) is 74.3 Å². The molecule has 1 aliphatic rings. The molecular formula is C17H16N2O2. The minimum Gasteiger partial charge on any atom is -0.283 e. The largest absolute Gasteiger partial charge is 0.283 e. The molecule has 3 rings (SSSR count). The Morgan fingerprint density at radius 2 is 1.81 bits per heavy atom. The molecule has 4 heteroatoms. The smallest absolute Gasteiger partial charge is 0.278 e. The molecule has 0 aliphatic carbocycles. The van der Waals surface area contributed by atoms with Crippen molar-refractivity contribution < 1.29 is 4.92 Å². The molecule has 0 radical (unpaired) electrons. The van der Waals surface area contributed by atoms with Crippen LogP contribution in [0.25, 0.3) is 0 Å². The van der Waals surface area contributed by atoms with Crippen molar-refractivity contribution in [1.29, 1.82) is 0 Å². The lowest BCUT2D eigenvalue weighted by Gasteiger charge is -2.21. The summed E-state index contributed by atoms with van der Waals surface area (Å²) in [5, 5.41) is 11.3. The number of fused-ring (bicyclic) bond motifs is 1. The lowest BCUT2D eigenvalue weighted by Crippen LogP contribution is -2.18. The van der Waals surface area contributed by atoms with E-state index in [-0.39, 0.29) is 10.6 Å². The van der Waals surface area contributed by atoms with E-state index in [1.54, 1.807) is 12.1 Å². The third-order valence-corrected chi connectivity index (χ3v) is 3.98. The van der Waals surface area contributed by atoms with E-state index in [1.807, 2.05) is 13.0 Å². The average molecular weight is 280 g/mol. The predicted molar refractivity (Wildman–Crippen MR) is 83.2 cm³/mol. The molecule has 0 fully saturated rings. The predicted octanol–water partition coefficient (Wildman–Crippen LogP) is 3.61. The Hall–Kier alpha value is -2.49. The molecule has 0 spiro atoms. The van der Waals surface area contributed by atoms with Crippen LogP contribution in [0, 0.1) is 24.0 Å². The van der Waals surface area contributed by atoms with Gasteiger partial charge >= 0.3 is 0 Å². The van der Waals surface area contributed by atoms with Crippen LogP contribution in [0.15, 0.2) is 41.4 Å². The molecular weight excluding hydrogens is 264 g/mol. The highest BCUT2D eigenvalue weighted by atomic mass is 16.6. The summed E-state index contributed by atoms with van der Waals surface area (Å²) < 4.78 is 0. The molecule has 0 aromatic heterocycles. The molecule has 0 saturated carbocycles. The van der Waals surface area contributed by atoms with Crippen molar-refractivity contribution in [2.75, 3.05) is 6.54 Å². The molecule has 2 aromatic carbocycles. The van der Waals surface area contributed by atoms with E-state index in [2.05, 4.69) is 24.0 Å². The molecule has 0 saturated heterocycles. The summed E-state index contributed by atoms with van der Waals surface area (Å²) in [5.74, 6) is 0. The standard InChI is InChI=1S/C17H16N2O2/c1-11-7-8-12(2)16-13(11)9-10-18-17(16)14-5-3-4-6-15(14)19(20)21/h3-8H,9-10H2,1-2H3. The Morgan fingerprint density at radius 1 is 1.10 bits per heavy atom. The van der Waals surface area contributed by atoms with Gasteiger partial charge in [0.05, 0.1) is 16.2 Å². The number of nitrogens with zero attached hydrogens (tertiary/aromatic N) is 2. The summed E-state index contributed by atoms with van der Waals surface area (Å²) in [6.07, 6.45) is 0.896. The molecule has 2 aromatic rings. The molecule has 4 nitrogen and oxygen atoms in total. The molecule has 21 heavy (non-hydrogen) atoms. The second-order valence-electron chi connectivity index (χ2n) is 5.31. The van der Waals surface area contributed by atoms with Crippen molar-refractivity contribution in [3.63, 3.8) is 0 Å². The first kappa shape index (κ1) is 13.5. The number of benzene rings is 2. The van der Waals surface area contributed by atoms with Crippen molar-refractivity contribution in [3.8, 4) is 0 Å². The van der Waals surface area contributed by atoms with Crippen LogP contribution in [0.4, 0.5) is 5.69 Å². The van der Waals surface area contributed by atoms with E-state index in [0.717, 1.165) is 23.3 Å². The summed E-state index contributed by atoms with van der Waals surface area (Å²) in [6.45, 7) is 4.80. The number of nitro groups is 1. The van der Waals surface area contributed by atoms with Gasteiger partial charge in [-0.05, 0) is 43.0 Å². The zero-order chi connectivity index (χ0) is 15.0. The molecule has 0 amide bonds. The molecule has 0 bridgehead atoms. The average Bonchev–Trinajstić information content (AvgIpc) is 2.50. The van der Waals surface area contributed by atoms with E-state index < -0.39 is 0 Å². The molecule has 0 atom stereocenters. The van der Waals surface area contributed by atoms with E-state index in [0.29, 0.717) is 12.1 Å². The molecule has 1 aliphatic heterocycles. The topological polar surface area (TPSA) is 55.5 Å². The summed E-state index contributed by atoms with van der Waals surface area (Å²) in [5.41, 5.74) is 6.15. The second-order valence-corrected chi connectivity index (χ2v) is 5.31. The van der Waals surface area contributed by atoms with Gasteiger partial charge in [0.15, 0.2) is 0 Å². The number of rotatable bonds is 2. The van der Waals surface area contributed by atoms with Gasteiger partial charge in [-0.1, -0.05) is 24.3 Å². The quantitative estimate of drug-likeness (QED) is 0.623. The first-order valence-corrected chi connectivity index (χ1v) is 6.97. The minimum atomic E-state index is -0.336. The Kier molecular flexibility index (Phi) is 3.29. The van der Waals surface area contributed by atoms with Gasteiger partial charge in [-0.3, -0.25) is 15.1 Å². The van der Waals surface area contributed by atoms with E-state index >= 15 is 0 Å². The Bertz CT molecular complexity index is 763. The summed E-state index contributed by atoms with van der Waals surface area (Å²) in [4.78, 5) is 15.5. The second kappa shape index (κ2) is 5.13. The van der Waals surface area contributed by atoms with Gasteiger partial charge in [0.2, 0.25) is 0 Å². The number of nitro benzene ring substituents is 1. The fourth-order valence-electron chi connectivity index (χ4n) is 2.93. The highest BCUT2D eigenvalue weighted by Gasteiger charge is 2.24. The van der Waals surface area contributed by atoms with Crippen LogP contribution in [0.1, 0.15) is 27.8 Å². The maximum Gasteiger partial charge on any atom is 0.278 e. The van der Waals surface area contributed by atoms with Gasteiger partial charge in [0.1, 0.15) is 0 Å².